The van der Waals surface area contributed by atoms with Gasteiger partial charge in [-0.1, -0.05) is 36.9 Å². The number of ketones is 1. The van der Waals surface area contributed by atoms with Crippen LogP contribution in [0.5, 0.6) is 0 Å². The van der Waals surface area contributed by atoms with E-state index in [1.165, 1.54) is 11.9 Å². The highest BCUT2D eigenvalue weighted by molar-refractivity contribution is 7.86. The molecule has 0 heterocycles. The number of aryl methyl sites for hydroxylation is 1. The Hall–Kier alpha value is -2.32. The van der Waals surface area contributed by atoms with Crippen LogP contribution in [0.1, 0.15) is 51.0 Å². The van der Waals surface area contributed by atoms with E-state index in [4.69, 9.17) is 4.52 Å². The van der Waals surface area contributed by atoms with Gasteiger partial charge in [0.1, 0.15) is 10.7 Å². The predicted molar refractivity (Wildman–Crippen MR) is 137 cm³/mol. The van der Waals surface area contributed by atoms with Crippen LogP contribution in [0.4, 0.5) is 0 Å². The fourth-order valence-corrected chi connectivity index (χ4v) is 6.07. The Labute approximate surface area is 207 Å². The molecule has 1 amide bonds. The molecular formula is C25H34NO7PS. The topological polar surface area (TPSA) is 127 Å². The van der Waals surface area contributed by atoms with Crippen LogP contribution in [-0.4, -0.2) is 44.0 Å². The van der Waals surface area contributed by atoms with Crippen molar-refractivity contribution in [3.05, 3.63) is 54.4 Å². The van der Waals surface area contributed by atoms with Crippen molar-refractivity contribution in [2.24, 2.45) is 0 Å². The quantitative estimate of drug-likeness (QED) is 0.178. The van der Waals surface area contributed by atoms with E-state index < -0.39 is 17.5 Å². The smallest absolute Gasteiger partial charge is 0.295 e. The third-order valence-corrected chi connectivity index (χ3v) is 8.73. The number of fused-ring (bicyclic) bond motifs is 1. The Morgan fingerprint density at radius 1 is 1.06 bits per heavy atom. The fraction of sp³-hybridized carbons (Fsp3) is 0.440. The van der Waals surface area contributed by atoms with E-state index in [-0.39, 0.29) is 29.4 Å². The molecule has 1 unspecified atom stereocenters. The summed E-state index contributed by atoms with van der Waals surface area (Å²) in [5, 5.41) is 4.01. The van der Waals surface area contributed by atoms with Crippen LogP contribution in [0.15, 0.2) is 53.7 Å². The van der Waals surface area contributed by atoms with Gasteiger partial charge in [0.15, 0.2) is 0 Å². The first kappa shape index (κ1) is 28.9. The molecule has 2 aromatic rings. The van der Waals surface area contributed by atoms with Crippen molar-refractivity contribution < 1.29 is 31.6 Å². The summed E-state index contributed by atoms with van der Waals surface area (Å²) in [5.74, 6) is 1.16. The maximum atomic E-state index is 12.3. The Kier molecular flexibility index (Phi) is 11.3. The van der Waals surface area contributed by atoms with Crippen molar-refractivity contribution in [2.75, 3.05) is 19.3 Å². The van der Waals surface area contributed by atoms with Crippen LogP contribution in [0.2, 0.25) is 0 Å². The van der Waals surface area contributed by atoms with E-state index >= 15 is 0 Å². The first-order valence-corrected chi connectivity index (χ1v) is 15.0. The molecule has 8 nitrogen and oxygen atoms in total. The highest BCUT2D eigenvalue weighted by Gasteiger charge is 2.17. The number of hydrogen-bond acceptors (Lipinski definition) is 6. The predicted octanol–water partition coefficient (Wildman–Crippen LogP) is 5.11. The van der Waals surface area contributed by atoms with Gasteiger partial charge in [-0.15, -0.1) is 0 Å². The van der Waals surface area contributed by atoms with Gasteiger partial charge < -0.3 is 9.84 Å². The first-order chi connectivity index (χ1) is 16.6. The van der Waals surface area contributed by atoms with Crippen LogP contribution in [-0.2, 0) is 35.2 Å². The fourth-order valence-electron chi connectivity index (χ4n) is 3.84. The van der Waals surface area contributed by atoms with Gasteiger partial charge in [0.25, 0.3) is 10.1 Å². The average Bonchev–Trinajstić information content (AvgIpc) is 2.82. The monoisotopic (exact) mass is 523 g/mol. The van der Waals surface area contributed by atoms with Crippen molar-refractivity contribution in [1.29, 1.82) is 0 Å². The van der Waals surface area contributed by atoms with Crippen LogP contribution in [0.25, 0.3) is 10.8 Å². The molecule has 0 radical (unpaired) electrons. The maximum Gasteiger partial charge on any atom is 0.295 e. The van der Waals surface area contributed by atoms with Crippen LogP contribution in [0.3, 0.4) is 0 Å². The standard InChI is InChI=1S/C25H34NO7PS/c1-3-33-34(29,4-2)19-6-5-12-21(27)16-17-25(28)26-18-9-11-20-10-7-14-23-22(20)13-8-15-24(23)35(30,31)32/h4,7-8,10,13-15H,2-3,5-6,9,11-12,16-19H2,1H3,(H,26,28)(H,30,31,32). The summed E-state index contributed by atoms with van der Waals surface area (Å²) in [6.07, 6.45) is 3.43. The molecule has 2 aromatic carbocycles. The molecule has 0 bridgehead atoms. The molecule has 0 saturated carbocycles. The number of amides is 1. The molecule has 1 atom stereocenters. The van der Waals surface area contributed by atoms with E-state index in [0.29, 0.717) is 56.8 Å². The Bertz CT molecular complexity index is 1190. The highest BCUT2D eigenvalue weighted by Crippen LogP contribution is 2.48. The Morgan fingerprint density at radius 2 is 1.77 bits per heavy atom. The lowest BCUT2D eigenvalue weighted by atomic mass is 10.0. The molecule has 2 rings (SSSR count). The zero-order valence-corrected chi connectivity index (χ0v) is 21.8. The zero-order chi connectivity index (χ0) is 25.9. The summed E-state index contributed by atoms with van der Waals surface area (Å²) in [6.45, 7) is 6.11. The summed E-state index contributed by atoms with van der Waals surface area (Å²) in [5.41, 5.74) is 0.919. The molecule has 0 aliphatic carbocycles. The largest absolute Gasteiger partial charge is 0.356 e. The molecule has 0 aromatic heterocycles. The summed E-state index contributed by atoms with van der Waals surface area (Å²) in [6, 6.07) is 10.0. The van der Waals surface area contributed by atoms with E-state index in [2.05, 4.69) is 11.9 Å². The number of carbonyl (C=O) groups excluding carboxylic acids is 2. The third-order valence-electron chi connectivity index (χ3n) is 5.63. The number of carbonyl (C=O) groups is 2. The lowest BCUT2D eigenvalue weighted by molar-refractivity contribution is -0.125. The second-order valence-electron chi connectivity index (χ2n) is 8.24. The van der Waals surface area contributed by atoms with Gasteiger partial charge in [-0.3, -0.25) is 18.7 Å². The first-order valence-electron chi connectivity index (χ1n) is 11.7. The number of hydrogen-bond donors (Lipinski definition) is 2. The van der Waals surface area contributed by atoms with Gasteiger partial charge in [-0.25, -0.2) is 0 Å². The SMILES string of the molecule is C=CP(=O)(CCCCC(=O)CCC(=O)NCCCc1cccc2c(S(=O)(=O)O)cccc12)OCC. The minimum absolute atomic E-state index is 0.00427. The molecule has 0 aliphatic rings. The van der Waals surface area contributed by atoms with Crippen molar-refractivity contribution >= 4 is 39.9 Å². The van der Waals surface area contributed by atoms with Crippen LogP contribution < -0.4 is 5.32 Å². The Morgan fingerprint density at radius 3 is 2.46 bits per heavy atom. The molecule has 10 heteroatoms. The van der Waals surface area contributed by atoms with Crippen molar-refractivity contribution in [2.45, 2.75) is 56.8 Å². The second kappa shape index (κ2) is 13.7. The molecule has 2 N–H and O–H groups in total. The Balaban J connectivity index is 1.71. The average molecular weight is 524 g/mol. The second-order valence-corrected chi connectivity index (χ2v) is 12.2. The summed E-state index contributed by atoms with van der Waals surface area (Å²) in [7, 11) is -7.12. The number of rotatable bonds is 16. The van der Waals surface area contributed by atoms with E-state index in [0.717, 1.165) is 10.9 Å². The minimum atomic E-state index is -4.32. The van der Waals surface area contributed by atoms with E-state index in [1.807, 2.05) is 6.07 Å². The van der Waals surface area contributed by atoms with Crippen LogP contribution in [0, 0.1) is 0 Å². The van der Waals surface area contributed by atoms with Crippen LogP contribution >= 0.6 is 7.37 Å². The number of benzene rings is 2. The van der Waals surface area contributed by atoms with Gasteiger partial charge in [-0.2, -0.15) is 8.42 Å². The number of Topliss-reactive ketones (excluding diaryl/α,β-unsaturated/α-hetero) is 1. The third kappa shape index (κ3) is 9.33. The van der Waals surface area contributed by atoms with Gasteiger partial charge in [0, 0.05) is 37.4 Å². The molecular weight excluding hydrogens is 489 g/mol. The minimum Gasteiger partial charge on any atom is -0.356 e. The maximum absolute atomic E-state index is 12.3. The molecule has 192 valence electrons. The normalized spacial score (nSPS) is 13.3. The van der Waals surface area contributed by atoms with Crippen molar-refractivity contribution in [3.8, 4) is 0 Å². The summed E-state index contributed by atoms with van der Waals surface area (Å²) in [4.78, 5) is 24.0. The van der Waals surface area contributed by atoms with Crippen molar-refractivity contribution in [1.82, 2.24) is 5.32 Å². The van der Waals surface area contributed by atoms with E-state index in [1.54, 1.807) is 31.2 Å². The molecule has 0 spiro atoms. The highest BCUT2D eigenvalue weighted by atomic mass is 32.2. The van der Waals surface area contributed by atoms with Crippen molar-refractivity contribution in [3.63, 3.8) is 0 Å². The van der Waals surface area contributed by atoms with E-state index in [9.17, 15) is 27.1 Å². The summed E-state index contributed by atoms with van der Waals surface area (Å²) >= 11 is 0. The summed E-state index contributed by atoms with van der Waals surface area (Å²) < 4.78 is 50.2. The lowest BCUT2D eigenvalue weighted by Crippen LogP contribution is -2.25. The van der Waals surface area contributed by atoms with Gasteiger partial charge in [-0.05, 0) is 55.4 Å². The molecule has 35 heavy (non-hydrogen) atoms. The number of unbranched alkanes of at least 4 members (excludes halogenated alkanes) is 1. The van der Waals surface area contributed by atoms with Gasteiger partial charge >= 0.3 is 0 Å². The molecule has 0 aliphatic heterocycles. The molecule has 0 saturated heterocycles. The van der Waals surface area contributed by atoms with Gasteiger partial charge in [0.05, 0.1) is 6.61 Å². The number of nitrogens with one attached hydrogen (secondary N) is 1. The zero-order valence-electron chi connectivity index (χ0n) is 20.1. The van der Waals surface area contributed by atoms with Gasteiger partial charge in [0.2, 0.25) is 13.3 Å². The molecule has 0 fully saturated rings. The lowest BCUT2D eigenvalue weighted by Gasteiger charge is -2.12.